The highest BCUT2D eigenvalue weighted by atomic mass is 16.5. The molecular formula is C16H21N3O3. The van der Waals surface area contributed by atoms with E-state index in [1.165, 1.54) is 6.92 Å². The van der Waals surface area contributed by atoms with Gasteiger partial charge in [0.2, 0.25) is 5.91 Å². The molecule has 0 saturated carbocycles. The SMILES string of the molecule is CC(=O)NCC(=O)Oc1cccc2[nH]cc(CCN(C)C)c12. The maximum atomic E-state index is 11.8. The fourth-order valence-electron chi connectivity index (χ4n) is 2.20. The first-order valence-corrected chi connectivity index (χ1v) is 7.16. The van der Waals surface area contributed by atoms with Gasteiger partial charge < -0.3 is 19.9 Å². The lowest BCUT2D eigenvalue weighted by molar-refractivity contribution is -0.135. The van der Waals surface area contributed by atoms with Crippen LogP contribution in [0.5, 0.6) is 5.75 Å². The number of carbonyl (C=O) groups is 2. The molecule has 1 aromatic carbocycles. The van der Waals surface area contributed by atoms with Crippen molar-refractivity contribution in [3.8, 4) is 5.75 Å². The van der Waals surface area contributed by atoms with E-state index in [1.54, 1.807) is 6.07 Å². The zero-order valence-corrected chi connectivity index (χ0v) is 13.1. The summed E-state index contributed by atoms with van der Waals surface area (Å²) in [4.78, 5) is 27.9. The van der Waals surface area contributed by atoms with Gasteiger partial charge in [0.05, 0.1) is 0 Å². The predicted octanol–water partition coefficient (Wildman–Crippen LogP) is 1.31. The van der Waals surface area contributed by atoms with Gasteiger partial charge in [0.1, 0.15) is 12.3 Å². The van der Waals surface area contributed by atoms with Gasteiger partial charge in [-0.3, -0.25) is 4.79 Å². The molecule has 0 fully saturated rings. The molecule has 0 aliphatic rings. The molecule has 22 heavy (non-hydrogen) atoms. The number of fused-ring (bicyclic) bond motifs is 1. The van der Waals surface area contributed by atoms with Crippen molar-refractivity contribution in [2.24, 2.45) is 0 Å². The zero-order chi connectivity index (χ0) is 16.1. The number of amides is 1. The Labute approximate surface area is 129 Å². The number of nitrogens with one attached hydrogen (secondary N) is 2. The second kappa shape index (κ2) is 7.09. The average Bonchev–Trinajstić information content (AvgIpc) is 2.87. The second-order valence-corrected chi connectivity index (χ2v) is 5.43. The Kier molecular flexibility index (Phi) is 5.16. The van der Waals surface area contributed by atoms with Crippen LogP contribution in [0.15, 0.2) is 24.4 Å². The van der Waals surface area contributed by atoms with E-state index in [4.69, 9.17) is 4.74 Å². The molecule has 2 N–H and O–H groups in total. The van der Waals surface area contributed by atoms with Gasteiger partial charge in [0, 0.05) is 30.6 Å². The summed E-state index contributed by atoms with van der Waals surface area (Å²) in [5.74, 6) is -0.228. The van der Waals surface area contributed by atoms with Crippen LogP contribution in [0.4, 0.5) is 0 Å². The highest BCUT2D eigenvalue weighted by Crippen LogP contribution is 2.29. The first-order valence-electron chi connectivity index (χ1n) is 7.16. The minimum Gasteiger partial charge on any atom is -0.424 e. The lowest BCUT2D eigenvalue weighted by atomic mass is 10.1. The predicted molar refractivity (Wildman–Crippen MR) is 84.9 cm³/mol. The van der Waals surface area contributed by atoms with Crippen LogP contribution in [-0.4, -0.2) is 48.9 Å². The number of nitrogens with zero attached hydrogens (tertiary/aromatic N) is 1. The molecule has 2 aromatic rings. The second-order valence-electron chi connectivity index (χ2n) is 5.43. The summed E-state index contributed by atoms with van der Waals surface area (Å²) in [7, 11) is 4.03. The number of rotatable bonds is 6. The Balaban J connectivity index is 2.19. The molecule has 0 unspecified atom stereocenters. The van der Waals surface area contributed by atoms with Gasteiger partial charge in [0.15, 0.2) is 0 Å². The van der Waals surface area contributed by atoms with Gasteiger partial charge in [-0.2, -0.15) is 0 Å². The van der Waals surface area contributed by atoms with Crippen molar-refractivity contribution in [3.63, 3.8) is 0 Å². The molecule has 0 bridgehead atoms. The fraction of sp³-hybridized carbons (Fsp3) is 0.375. The monoisotopic (exact) mass is 303 g/mol. The molecular weight excluding hydrogens is 282 g/mol. The Morgan fingerprint density at radius 2 is 2.09 bits per heavy atom. The van der Waals surface area contributed by atoms with Crippen molar-refractivity contribution in [3.05, 3.63) is 30.0 Å². The van der Waals surface area contributed by atoms with Crippen LogP contribution >= 0.6 is 0 Å². The molecule has 0 aliphatic heterocycles. The van der Waals surface area contributed by atoms with E-state index in [1.807, 2.05) is 32.4 Å². The van der Waals surface area contributed by atoms with E-state index in [0.29, 0.717) is 5.75 Å². The van der Waals surface area contributed by atoms with Gasteiger partial charge in [-0.05, 0) is 38.2 Å². The highest BCUT2D eigenvalue weighted by molar-refractivity contribution is 5.92. The van der Waals surface area contributed by atoms with Crippen LogP contribution in [0, 0.1) is 0 Å². The number of aromatic amines is 1. The number of carbonyl (C=O) groups excluding carboxylic acids is 2. The highest BCUT2D eigenvalue weighted by Gasteiger charge is 2.13. The molecule has 0 spiro atoms. The number of hydrogen-bond acceptors (Lipinski definition) is 4. The number of aromatic nitrogens is 1. The normalized spacial score (nSPS) is 10.9. The lowest BCUT2D eigenvalue weighted by Crippen LogP contribution is -2.30. The van der Waals surface area contributed by atoms with E-state index in [9.17, 15) is 9.59 Å². The number of ether oxygens (including phenoxy) is 1. The average molecular weight is 303 g/mol. The standard InChI is InChI=1S/C16H21N3O3/c1-11(20)17-10-15(21)22-14-6-4-5-13-16(14)12(9-18-13)7-8-19(2)3/h4-6,9,18H,7-8,10H2,1-3H3,(H,17,20). The molecule has 6 nitrogen and oxygen atoms in total. The van der Waals surface area contributed by atoms with Crippen molar-refractivity contribution < 1.29 is 14.3 Å². The largest absolute Gasteiger partial charge is 0.424 e. The molecule has 0 radical (unpaired) electrons. The zero-order valence-electron chi connectivity index (χ0n) is 13.1. The summed E-state index contributed by atoms with van der Waals surface area (Å²) in [5.41, 5.74) is 2.03. The Morgan fingerprint density at radius 3 is 2.77 bits per heavy atom. The lowest BCUT2D eigenvalue weighted by Gasteiger charge is -2.10. The molecule has 1 aromatic heterocycles. The number of likely N-dealkylation sites (N-methyl/N-ethyl adjacent to an activating group) is 1. The van der Waals surface area contributed by atoms with Crippen molar-refractivity contribution in [2.45, 2.75) is 13.3 Å². The third kappa shape index (κ3) is 4.08. The van der Waals surface area contributed by atoms with Crippen molar-refractivity contribution in [2.75, 3.05) is 27.2 Å². The first kappa shape index (κ1) is 16.0. The summed E-state index contributed by atoms with van der Waals surface area (Å²) in [6, 6.07) is 5.54. The van der Waals surface area contributed by atoms with Crippen LogP contribution < -0.4 is 10.1 Å². The molecule has 0 saturated heterocycles. The van der Waals surface area contributed by atoms with Crippen molar-refractivity contribution >= 4 is 22.8 Å². The van der Waals surface area contributed by atoms with E-state index in [-0.39, 0.29) is 12.5 Å². The Hall–Kier alpha value is -2.34. The Bertz CT molecular complexity index is 676. The quantitative estimate of drug-likeness (QED) is 0.623. The fourth-order valence-corrected chi connectivity index (χ4v) is 2.20. The van der Waals surface area contributed by atoms with Gasteiger partial charge in [0.25, 0.3) is 0 Å². The molecule has 2 rings (SSSR count). The van der Waals surface area contributed by atoms with E-state index in [2.05, 4.69) is 15.2 Å². The maximum Gasteiger partial charge on any atom is 0.330 e. The van der Waals surface area contributed by atoms with Crippen LogP contribution in [0.25, 0.3) is 10.9 Å². The van der Waals surface area contributed by atoms with Crippen LogP contribution in [0.3, 0.4) is 0 Å². The summed E-state index contributed by atoms with van der Waals surface area (Å²) in [5, 5.41) is 3.35. The van der Waals surface area contributed by atoms with Gasteiger partial charge in [-0.15, -0.1) is 0 Å². The minimum atomic E-state index is -0.484. The Morgan fingerprint density at radius 1 is 1.32 bits per heavy atom. The van der Waals surface area contributed by atoms with Crippen molar-refractivity contribution in [1.82, 2.24) is 15.2 Å². The molecule has 1 amide bonds. The van der Waals surface area contributed by atoms with E-state index < -0.39 is 5.97 Å². The molecule has 6 heteroatoms. The topological polar surface area (TPSA) is 74.4 Å². The van der Waals surface area contributed by atoms with Crippen LogP contribution in [0.2, 0.25) is 0 Å². The van der Waals surface area contributed by atoms with Gasteiger partial charge >= 0.3 is 5.97 Å². The molecule has 0 atom stereocenters. The maximum absolute atomic E-state index is 11.8. The third-order valence-electron chi connectivity index (χ3n) is 3.28. The number of H-pyrrole nitrogens is 1. The third-order valence-corrected chi connectivity index (χ3v) is 3.28. The molecule has 118 valence electrons. The van der Waals surface area contributed by atoms with Crippen molar-refractivity contribution in [1.29, 1.82) is 0 Å². The number of benzene rings is 1. The van der Waals surface area contributed by atoms with Gasteiger partial charge in [-0.1, -0.05) is 6.07 Å². The summed E-state index contributed by atoms with van der Waals surface area (Å²) >= 11 is 0. The van der Waals surface area contributed by atoms with E-state index in [0.717, 1.165) is 29.4 Å². The first-order chi connectivity index (χ1) is 10.5. The summed E-state index contributed by atoms with van der Waals surface area (Å²) in [6.45, 7) is 2.13. The minimum absolute atomic E-state index is 0.136. The van der Waals surface area contributed by atoms with Crippen LogP contribution in [-0.2, 0) is 16.0 Å². The smallest absolute Gasteiger partial charge is 0.330 e. The van der Waals surface area contributed by atoms with Gasteiger partial charge in [-0.25, -0.2) is 4.79 Å². The van der Waals surface area contributed by atoms with E-state index >= 15 is 0 Å². The summed E-state index contributed by atoms with van der Waals surface area (Å²) in [6.07, 6.45) is 2.80. The number of hydrogen-bond donors (Lipinski definition) is 2. The number of esters is 1. The molecule has 1 heterocycles. The summed E-state index contributed by atoms with van der Waals surface area (Å²) < 4.78 is 5.40. The van der Waals surface area contributed by atoms with Crippen LogP contribution in [0.1, 0.15) is 12.5 Å². The molecule has 0 aliphatic carbocycles.